The number of esters is 1. The lowest BCUT2D eigenvalue weighted by molar-refractivity contribution is 0.0726. The summed E-state index contributed by atoms with van der Waals surface area (Å²) in [5, 5.41) is 0. The molecule has 0 saturated heterocycles. The van der Waals surface area contributed by atoms with Crippen LogP contribution in [0.4, 0.5) is 8.78 Å². The van der Waals surface area contributed by atoms with E-state index in [0.29, 0.717) is 12.2 Å². The van der Waals surface area contributed by atoms with Crippen molar-refractivity contribution in [1.29, 1.82) is 0 Å². The van der Waals surface area contributed by atoms with Crippen molar-refractivity contribution in [3.63, 3.8) is 0 Å². The van der Waals surface area contributed by atoms with Crippen LogP contribution in [0.2, 0.25) is 0 Å². The van der Waals surface area contributed by atoms with E-state index in [-0.39, 0.29) is 5.75 Å². The van der Waals surface area contributed by atoms with Crippen molar-refractivity contribution < 1.29 is 23.0 Å². The van der Waals surface area contributed by atoms with E-state index in [9.17, 15) is 13.6 Å². The second kappa shape index (κ2) is 14.6. The summed E-state index contributed by atoms with van der Waals surface area (Å²) in [4.78, 5) is 12.3. The molecule has 32 heavy (non-hydrogen) atoms. The minimum atomic E-state index is -1.22. The lowest BCUT2D eigenvalue weighted by Gasteiger charge is -2.11. The molecule has 176 valence electrons. The zero-order valence-corrected chi connectivity index (χ0v) is 19.4. The molecule has 0 heterocycles. The van der Waals surface area contributed by atoms with E-state index in [2.05, 4.69) is 13.8 Å². The van der Waals surface area contributed by atoms with Gasteiger partial charge in [-0.05, 0) is 49.1 Å². The van der Waals surface area contributed by atoms with Crippen LogP contribution in [-0.2, 0) is 6.42 Å². The largest absolute Gasteiger partial charge is 0.490 e. The highest BCUT2D eigenvalue weighted by atomic mass is 19.2. The van der Waals surface area contributed by atoms with Gasteiger partial charge in [0, 0.05) is 0 Å². The van der Waals surface area contributed by atoms with Gasteiger partial charge in [0.25, 0.3) is 0 Å². The Balaban J connectivity index is 1.85. The van der Waals surface area contributed by atoms with E-state index < -0.39 is 23.4 Å². The van der Waals surface area contributed by atoms with Gasteiger partial charge in [-0.15, -0.1) is 0 Å². The van der Waals surface area contributed by atoms with Gasteiger partial charge in [0.15, 0.2) is 11.5 Å². The summed E-state index contributed by atoms with van der Waals surface area (Å²) in [5.74, 6) is -3.68. The highest BCUT2D eigenvalue weighted by Crippen LogP contribution is 2.28. The Morgan fingerprint density at radius 1 is 0.719 bits per heavy atom. The summed E-state index contributed by atoms with van der Waals surface area (Å²) in [7, 11) is 0. The van der Waals surface area contributed by atoms with Crippen molar-refractivity contribution in [2.45, 2.75) is 84.5 Å². The summed E-state index contributed by atoms with van der Waals surface area (Å²) in [5.41, 5.74) is 1.44. The minimum Gasteiger partial charge on any atom is -0.490 e. The number of halogens is 2. The maximum atomic E-state index is 14.4. The molecule has 2 aromatic carbocycles. The molecular weight excluding hydrogens is 410 g/mol. The van der Waals surface area contributed by atoms with Gasteiger partial charge in [0.05, 0.1) is 12.2 Å². The first-order valence-electron chi connectivity index (χ1n) is 12.0. The Labute approximate surface area is 191 Å². The molecule has 0 atom stereocenters. The lowest BCUT2D eigenvalue weighted by atomic mass is 10.0. The number of rotatable bonds is 15. The maximum absolute atomic E-state index is 14.4. The summed E-state index contributed by atoms with van der Waals surface area (Å²) in [6, 6.07) is 9.59. The molecule has 0 unspecified atom stereocenters. The number of hydrogen-bond acceptors (Lipinski definition) is 3. The van der Waals surface area contributed by atoms with Gasteiger partial charge in [-0.1, -0.05) is 77.3 Å². The van der Waals surface area contributed by atoms with E-state index in [4.69, 9.17) is 9.47 Å². The normalized spacial score (nSPS) is 10.9. The van der Waals surface area contributed by atoms with Crippen LogP contribution >= 0.6 is 0 Å². The third-order valence-electron chi connectivity index (χ3n) is 5.48. The zero-order valence-electron chi connectivity index (χ0n) is 19.4. The standard InChI is InChI=1S/C27H36F2O3/c1-3-5-7-9-10-12-20-31-23-18-19-24(26(29)25(23)28)32-27(30)22-16-14-21(15-17-22)13-11-8-6-4-2/h14-19H,3-13,20H2,1-2H3. The van der Waals surface area contributed by atoms with Crippen molar-refractivity contribution in [1.82, 2.24) is 0 Å². The Hall–Kier alpha value is -2.43. The molecule has 0 saturated carbocycles. The number of benzene rings is 2. The average Bonchev–Trinajstić information content (AvgIpc) is 2.81. The first-order valence-corrected chi connectivity index (χ1v) is 12.0. The number of hydrogen-bond donors (Lipinski definition) is 0. The van der Waals surface area contributed by atoms with Crippen molar-refractivity contribution in [3.05, 3.63) is 59.2 Å². The molecule has 2 rings (SSSR count). The van der Waals surface area contributed by atoms with Crippen molar-refractivity contribution >= 4 is 5.97 Å². The molecule has 0 amide bonds. The molecule has 3 nitrogen and oxygen atoms in total. The molecule has 0 aromatic heterocycles. The first kappa shape index (κ1) is 25.8. The third kappa shape index (κ3) is 8.60. The molecule has 2 aromatic rings. The van der Waals surface area contributed by atoms with Gasteiger partial charge < -0.3 is 9.47 Å². The second-order valence-electron chi connectivity index (χ2n) is 8.20. The quantitative estimate of drug-likeness (QED) is 0.158. The Bertz CT molecular complexity index is 818. The SMILES string of the molecule is CCCCCCCCOc1ccc(OC(=O)c2ccc(CCCCCC)cc2)c(F)c1F. The molecule has 0 N–H and O–H groups in total. The van der Waals surface area contributed by atoms with Crippen LogP contribution in [0.3, 0.4) is 0 Å². The number of ether oxygens (including phenoxy) is 2. The summed E-state index contributed by atoms with van der Waals surface area (Å²) < 4.78 is 39.2. The Morgan fingerprint density at radius 3 is 1.97 bits per heavy atom. The number of unbranched alkanes of at least 4 members (excludes halogenated alkanes) is 8. The topological polar surface area (TPSA) is 35.5 Å². The minimum absolute atomic E-state index is 0.164. The van der Waals surface area contributed by atoms with E-state index in [1.165, 1.54) is 50.7 Å². The first-order chi connectivity index (χ1) is 15.6. The van der Waals surface area contributed by atoms with Crippen molar-refractivity contribution in [3.8, 4) is 11.5 Å². The van der Waals surface area contributed by atoms with E-state index in [1.807, 2.05) is 12.1 Å². The second-order valence-corrected chi connectivity index (χ2v) is 8.20. The lowest BCUT2D eigenvalue weighted by Crippen LogP contribution is -2.10. The molecule has 0 aliphatic heterocycles. The Kier molecular flexibility index (Phi) is 11.8. The molecule has 0 aliphatic rings. The van der Waals surface area contributed by atoms with Gasteiger partial charge in [0.1, 0.15) is 0 Å². The summed E-state index contributed by atoms with van der Waals surface area (Å²) >= 11 is 0. The number of carbonyl (C=O) groups excluding carboxylic acids is 1. The van der Waals surface area contributed by atoms with Gasteiger partial charge in [-0.2, -0.15) is 8.78 Å². The fraction of sp³-hybridized carbons (Fsp3) is 0.519. The highest BCUT2D eigenvalue weighted by Gasteiger charge is 2.19. The predicted molar refractivity (Wildman–Crippen MR) is 124 cm³/mol. The number of aryl methyl sites for hydroxylation is 1. The van der Waals surface area contributed by atoms with E-state index >= 15 is 0 Å². The molecule has 5 heteroatoms. The molecule has 0 aliphatic carbocycles. The van der Waals surface area contributed by atoms with Crippen LogP contribution in [0.1, 0.15) is 94.0 Å². The van der Waals surface area contributed by atoms with E-state index in [1.54, 1.807) is 12.1 Å². The van der Waals surface area contributed by atoms with Gasteiger partial charge in [-0.25, -0.2) is 4.79 Å². The van der Waals surface area contributed by atoms with Gasteiger partial charge in [0.2, 0.25) is 11.6 Å². The fourth-order valence-electron chi connectivity index (χ4n) is 3.49. The molecule has 0 spiro atoms. The van der Waals surface area contributed by atoms with Crippen LogP contribution in [0, 0.1) is 11.6 Å². The molecule has 0 radical (unpaired) electrons. The zero-order chi connectivity index (χ0) is 23.2. The fourth-order valence-corrected chi connectivity index (χ4v) is 3.49. The van der Waals surface area contributed by atoms with Crippen molar-refractivity contribution in [2.75, 3.05) is 6.61 Å². The van der Waals surface area contributed by atoms with Gasteiger partial charge in [-0.3, -0.25) is 0 Å². The van der Waals surface area contributed by atoms with Crippen molar-refractivity contribution in [2.24, 2.45) is 0 Å². The third-order valence-corrected chi connectivity index (χ3v) is 5.48. The smallest absolute Gasteiger partial charge is 0.343 e. The van der Waals surface area contributed by atoms with Crippen LogP contribution in [0.25, 0.3) is 0 Å². The Morgan fingerprint density at radius 2 is 1.28 bits per heavy atom. The monoisotopic (exact) mass is 446 g/mol. The van der Waals surface area contributed by atoms with E-state index in [0.717, 1.165) is 37.7 Å². The van der Waals surface area contributed by atoms with Crippen LogP contribution in [0.15, 0.2) is 36.4 Å². The molecular formula is C27H36F2O3. The molecule has 0 fully saturated rings. The highest BCUT2D eigenvalue weighted by molar-refractivity contribution is 5.91. The van der Waals surface area contributed by atoms with Crippen LogP contribution in [-0.4, -0.2) is 12.6 Å². The number of carbonyl (C=O) groups is 1. The van der Waals surface area contributed by atoms with Gasteiger partial charge >= 0.3 is 5.97 Å². The summed E-state index contributed by atoms with van der Waals surface area (Å²) in [6.45, 7) is 4.66. The summed E-state index contributed by atoms with van der Waals surface area (Å²) in [6.07, 6.45) is 12.1. The predicted octanol–water partition coefficient (Wildman–Crippen LogP) is 8.05. The average molecular weight is 447 g/mol. The maximum Gasteiger partial charge on any atom is 0.343 e. The van der Waals surface area contributed by atoms with Crippen LogP contribution in [0.5, 0.6) is 11.5 Å². The van der Waals surface area contributed by atoms with Crippen LogP contribution < -0.4 is 9.47 Å². The molecule has 0 bridgehead atoms.